The molecule has 0 amide bonds. The Morgan fingerprint density at radius 3 is 1.97 bits per heavy atom. The van der Waals surface area contributed by atoms with Crippen LogP contribution in [0.4, 0.5) is 0 Å². The maximum absolute atomic E-state index is 6.43. The third kappa shape index (κ3) is 6.19. The van der Waals surface area contributed by atoms with E-state index in [0.717, 1.165) is 45.8 Å². The Labute approximate surface area is 194 Å². The van der Waals surface area contributed by atoms with Crippen molar-refractivity contribution in [2.45, 2.75) is 26.4 Å². The molecule has 2 aliphatic rings. The molecule has 0 aromatic heterocycles. The number of benzene rings is 2. The van der Waals surface area contributed by atoms with E-state index in [1.165, 1.54) is 17.7 Å². The zero-order valence-electron chi connectivity index (χ0n) is 19.7. The predicted molar refractivity (Wildman–Crippen MR) is 134 cm³/mol. The molecule has 0 radical (unpaired) electrons. The van der Waals surface area contributed by atoms with Gasteiger partial charge in [-0.1, -0.05) is 98.3 Å². The minimum atomic E-state index is 0.000378. The second-order valence-corrected chi connectivity index (χ2v) is 9.35. The molecule has 0 bridgehead atoms. The second kappa shape index (κ2) is 11.6. The fraction of sp³-hybridized carbons (Fsp3) is 0.448. The maximum Gasteiger partial charge on any atom is 0.108 e. The topological polar surface area (TPSA) is 15.7 Å². The summed E-state index contributed by atoms with van der Waals surface area (Å²) in [6, 6.07) is 21.2. The predicted octanol–water partition coefficient (Wildman–Crippen LogP) is 5.57. The Morgan fingerprint density at radius 1 is 0.812 bits per heavy atom. The SMILES string of the molecule is CC(CN1CCN(CCOC(c2ccccc2)c2ccccc2)CC1)C(C)C1=CC=CC1. The highest BCUT2D eigenvalue weighted by Crippen LogP contribution is 2.28. The van der Waals surface area contributed by atoms with E-state index < -0.39 is 0 Å². The molecular formula is C29H38N2O. The van der Waals surface area contributed by atoms with Gasteiger partial charge in [-0.25, -0.2) is 0 Å². The van der Waals surface area contributed by atoms with Crippen LogP contribution >= 0.6 is 0 Å². The fourth-order valence-corrected chi connectivity index (χ4v) is 4.87. The van der Waals surface area contributed by atoms with Crippen LogP contribution in [0.5, 0.6) is 0 Å². The lowest BCUT2D eigenvalue weighted by atomic mass is 9.87. The van der Waals surface area contributed by atoms with Crippen molar-refractivity contribution in [1.29, 1.82) is 0 Å². The van der Waals surface area contributed by atoms with E-state index >= 15 is 0 Å². The molecule has 2 atom stereocenters. The molecule has 2 unspecified atom stereocenters. The molecule has 0 spiro atoms. The molecule has 2 aromatic carbocycles. The van der Waals surface area contributed by atoms with Gasteiger partial charge in [0.2, 0.25) is 0 Å². The van der Waals surface area contributed by atoms with Gasteiger partial charge in [0.05, 0.1) is 6.61 Å². The van der Waals surface area contributed by atoms with Crippen LogP contribution < -0.4 is 0 Å². The van der Waals surface area contributed by atoms with Crippen LogP contribution in [0.3, 0.4) is 0 Å². The van der Waals surface area contributed by atoms with Gasteiger partial charge in [0.1, 0.15) is 6.10 Å². The second-order valence-electron chi connectivity index (χ2n) is 9.35. The zero-order valence-corrected chi connectivity index (χ0v) is 19.7. The highest BCUT2D eigenvalue weighted by Gasteiger charge is 2.23. The van der Waals surface area contributed by atoms with Crippen LogP contribution in [-0.2, 0) is 4.74 Å². The quantitative estimate of drug-likeness (QED) is 0.490. The summed E-state index contributed by atoms with van der Waals surface area (Å²) in [5.41, 5.74) is 4.04. The first-order valence-corrected chi connectivity index (χ1v) is 12.2. The van der Waals surface area contributed by atoms with E-state index in [-0.39, 0.29) is 6.10 Å². The smallest absolute Gasteiger partial charge is 0.108 e. The first-order chi connectivity index (χ1) is 15.7. The van der Waals surface area contributed by atoms with Gasteiger partial charge in [-0.05, 0) is 29.4 Å². The standard InChI is InChI=1S/C29H38N2O/c1-24(25(2)26-11-9-10-12-26)23-31-19-17-30(18-20-31)21-22-32-29(27-13-5-3-6-14-27)28-15-7-4-8-16-28/h3-11,13-16,24-25,29H,12,17-23H2,1-2H3. The zero-order chi connectivity index (χ0) is 22.2. The summed E-state index contributed by atoms with van der Waals surface area (Å²) in [5.74, 6) is 1.37. The Bertz CT molecular complexity index is 829. The lowest BCUT2D eigenvalue weighted by Gasteiger charge is -2.37. The van der Waals surface area contributed by atoms with E-state index in [1.807, 2.05) is 0 Å². The molecule has 0 N–H and O–H groups in total. The minimum Gasteiger partial charge on any atom is -0.367 e. The molecule has 3 heteroatoms. The van der Waals surface area contributed by atoms with Crippen LogP contribution in [0.25, 0.3) is 0 Å². The average Bonchev–Trinajstić information content (AvgIpc) is 3.38. The molecular weight excluding hydrogens is 392 g/mol. The normalized spacial score (nSPS) is 19.3. The lowest BCUT2D eigenvalue weighted by molar-refractivity contribution is 0.0425. The van der Waals surface area contributed by atoms with Crippen LogP contribution in [0.2, 0.25) is 0 Å². The Hall–Kier alpha value is -2.20. The number of hydrogen-bond acceptors (Lipinski definition) is 3. The van der Waals surface area contributed by atoms with Crippen molar-refractivity contribution in [2.24, 2.45) is 11.8 Å². The van der Waals surface area contributed by atoms with Crippen molar-refractivity contribution in [3.8, 4) is 0 Å². The summed E-state index contributed by atoms with van der Waals surface area (Å²) in [6.07, 6.45) is 7.95. The fourth-order valence-electron chi connectivity index (χ4n) is 4.87. The van der Waals surface area contributed by atoms with Crippen molar-refractivity contribution in [3.05, 3.63) is 95.6 Å². The summed E-state index contributed by atoms with van der Waals surface area (Å²) < 4.78 is 6.43. The summed E-state index contributed by atoms with van der Waals surface area (Å²) in [4.78, 5) is 5.21. The molecule has 1 aliphatic carbocycles. The Balaban J connectivity index is 1.22. The maximum atomic E-state index is 6.43. The van der Waals surface area contributed by atoms with Crippen molar-refractivity contribution in [2.75, 3.05) is 45.9 Å². The van der Waals surface area contributed by atoms with E-state index in [2.05, 4.69) is 103 Å². The monoisotopic (exact) mass is 430 g/mol. The molecule has 4 rings (SSSR count). The lowest BCUT2D eigenvalue weighted by Crippen LogP contribution is -2.48. The van der Waals surface area contributed by atoms with Gasteiger partial charge < -0.3 is 9.64 Å². The summed E-state index contributed by atoms with van der Waals surface area (Å²) in [6.45, 7) is 12.4. The summed E-state index contributed by atoms with van der Waals surface area (Å²) >= 11 is 0. The van der Waals surface area contributed by atoms with E-state index in [1.54, 1.807) is 5.57 Å². The molecule has 0 saturated carbocycles. The molecule has 1 aliphatic heterocycles. The van der Waals surface area contributed by atoms with Crippen LogP contribution in [0.1, 0.15) is 37.5 Å². The minimum absolute atomic E-state index is 0.000378. The first-order valence-electron chi connectivity index (χ1n) is 12.2. The number of rotatable bonds is 10. The first kappa shape index (κ1) is 23.0. The molecule has 1 heterocycles. The average molecular weight is 431 g/mol. The Morgan fingerprint density at radius 2 is 1.41 bits per heavy atom. The number of piperazine rings is 1. The van der Waals surface area contributed by atoms with Crippen molar-refractivity contribution < 1.29 is 4.74 Å². The van der Waals surface area contributed by atoms with E-state index in [0.29, 0.717) is 11.8 Å². The molecule has 1 saturated heterocycles. The van der Waals surface area contributed by atoms with Crippen molar-refractivity contribution >= 4 is 0 Å². The van der Waals surface area contributed by atoms with Crippen LogP contribution in [-0.4, -0.2) is 55.7 Å². The molecule has 2 aromatic rings. The number of hydrogen-bond donors (Lipinski definition) is 0. The van der Waals surface area contributed by atoms with Gasteiger partial charge in [-0.3, -0.25) is 4.90 Å². The van der Waals surface area contributed by atoms with Crippen LogP contribution in [0.15, 0.2) is 84.5 Å². The Kier molecular flexibility index (Phi) is 8.33. The van der Waals surface area contributed by atoms with Gasteiger partial charge in [-0.15, -0.1) is 0 Å². The van der Waals surface area contributed by atoms with Gasteiger partial charge in [0.25, 0.3) is 0 Å². The van der Waals surface area contributed by atoms with Crippen molar-refractivity contribution in [1.82, 2.24) is 9.80 Å². The largest absolute Gasteiger partial charge is 0.367 e. The highest BCUT2D eigenvalue weighted by atomic mass is 16.5. The molecule has 3 nitrogen and oxygen atoms in total. The molecule has 170 valence electrons. The number of ether oxygens (including phenoxy) is 1. The number of nitrogens with zero attached hydrogens (tertiary/aromatic N) is 2. The van der Waals surface area contributed by atoms with Gasteiger partial charge in [0, 0.05) is 39.3 Å². The van der Waals surface area contributed by atoms with Crippen LogP contribution in [0, 0.1) is 11.8 Å². The van der Waals surface area contributed by atoms with Gasteiger partial charge >= 0.3 is 0 Å². The summed E-state index contributed by atoms with van der Waals surface area (Å²) in [7, 11) is 0. The van der Waals surface area contributed by atoms with E-state index in [4.69, 9.17) is 4.74 Å². The third-order valence-corrected chi connectivity index (χ3v) is 7.15. The van der Waals surface area contributed by atoms with Gasteiger partial charge in [0.15, 0.2) is 0 Å². The summed E-state index contributed by atoms with van der Waals surface area (Å²) in [5, 5.41) is 0. The molecule has 1 fully saturated rings. The highest BCUT2D eigenvalue weighted by molar-refractivity contribution is 5.30. The third-order valence-electron chi connectivity index (χ3n) is 7.15. The van der Waals surface area contributed by atoms with E-state index in [9.17, 15) is 0 Å². The van der Waals surface area contributed by atoms with Crippen molar-refractivity contribution in [3.63, 3.8) is 0 Å². The van der Waals surface area contributed by atoms with Gasteiger partial charge in [-0.2, -0.15) is 0 Å². The molecule has 32 heavy (non-hydrogen) atoms. The number of allylic oxidation sites excluding steroid dienone is 4.